The number of para-hydroxylation sites is 1. The molecule has 4 rings (SSSR count). The van der Waals surface area contributed by atoms with Crippen molar-refractivity contribution in [2.24, 2.45) is 11.7 Å². The van der Waals surface area contributed by atoms with Gasteiger partial charge in [0.2, 0.25) is 0 Å². The van der Waals surface area contributed by atoms with E-state index < -0.39 is 0 Å². The van der Waals surface area contributed by atoms with Crippen LogP contribution in [0.4, 0.5) is 0 Å². The number of carbonyl (C=O) groups is 1. The van der Waals surface area contributed by atoms with Gasteiger partial charge in [-0.3, -0.25) is 4.79 Å². The SMILES string of the molecule is CC(N)C1CCN(C(=O)c2cn(-c3ccccc3)nc2-c2ccccc2)CC1.Cl. The lowest BCUT2D eigenvalue weighted by Crippen LogP contribution is -2.42. The standard InChI is InChI=1S/C23H26N4O.ClH/c1-17(24)18-12-14-26(15-13-18)23(28)21-16-27(20-10-6-3-7-11-20)25-22(21)19-8-4-2-5-9-19;/h2-11,16-18H,12-15,24H2,1H3;1H. The zero-order valence-corrected chi connectivity index (χ0v) is 17.4. The van der Waals surface area contributed by atoms with Gasteiger partial charge in [-0.05, 0) is 37.8 Å². The summed E-state index contributed by atoms with van der Waals surface area (Å²) < 4.78 is 1.80. The quantitative estimate of drug-likeness (QED) is 0.702. The number of benzene rings is 2. The molecule has 0 bridgehead atoms. The molecular formula is C23H27ClN4O. The maximum Gasteiger partial charge on any atom is 0.257 e. The van der Waals surface area contributed by atoms with Gasteiger partial charge in [-0.15, -0.1) is 12.4 Å². The Bertz CT molecular complexity index is 932. The lowest BCUT2D eigenvalue weighted by Gasteiger charge is -2.33. The van der Waals surface area contributed by atoms with Gasteiger partial charge in [0.15, 0.2) is 0 Å². The number of piperidine rings is 1. The Morgan fingerprint density at radius 1 is 1.03 bits per heavy atom. The molecule has 0 aliphatic carbocycles. The number of nitrogens with two attached hydrogens (primary N) is 1. The molecule has 6 heteroatoms. The highest BCUT2D eigenvalue weighted by Crippen LogP contribution is 2.27. The molecule has 3 aromatic rings. The van der Waals surface area contributed by atoms with Crippen LogP contribution in [-0.4, -0.2) is 39.7 Å². The second kappa shape index (κ2) is 9.25. The largest absolute Gasteiger partial charge is 0.339 e. The Kier molecular flexibility index (Phi) is 6.72. The van der Waals surface area contributed by atoms with Crippen LogP contribution in [0.25, 0.3) is 16.9 Å². The topological polar surface area (TPSA) is 64.2 Å². The highest BCUT2D eigenvalue weighted by atomic mass is 35.5. The molecule has 1 aliphatic rings. The minimum absolute atomic E-state index is 0. The van der Waals surface area contributed by atoms with E-state index in [4.69, 9.17) is 10.8 Å². The Balaban J connectivity index is 0.00000240. The average molecular weight is 411 g/mol. The van der Waals surface area contributed by atoms with E-state index in [0.717, 1.165) is 42.9 Å². The third-order valence-electron chi connectivity index (χ3n) is 5.58. The summed E-state index contributed by atoms with van der Waals surface area (Å²) in [4.78, 5) is 15.3. The summed E-state index contributed by atoms with van der Waals surface area (Å²) >= 11 is 0. The maximum atomic E-state index is 13.4. The van der Waals surface area contributed by atoms with Crippen molar-refractivity contribution in [1.29, 1.82) is 0 Å². The van der Waals surface area contributed by atoms with Gasteiger partial charge in [0, 0.05) is 30.9 Å². The summed E-state index contributed by atoms with van der Waals surface area (Å²) in [6.45, 7) is 3.55. The highest BCUT2D eigenvalue weighted by molar-refractivity contribution is 6.00. The smallest absolute Gasteiger partial charge is 0.257 e. The molecule has 1 aliphatic heterocycles. The zero-order valence-electron chi connectivity index (χ0n) is 16.6. The van der Waals surface area contributed by atoms with Crippen molar-refractivity contribution in [3.05, 3.63) is 72.4 Å². The number of nitrogens with zero attached hydrogens (tertiary/aromatic N) is 3. The molecule has 1 aromatic heterocycles. The van der Waals surface area contributed by atoms with E-state index in [1.807, 2.05) is 71.8 Å². The maximum absolute atomic E-state index is 13.4. The highest BCUT2D eigenvalue weighted by Gasteiger charge is 2.28. The zero-order chi connectivity index (χ0) is 19.5. The van der Waals surface area contributed by atoms with Gasteiger partial charge in [0.05, 0.1) is 11.3 Å². The molecule has 1 saturated heterocycles. The third-order valence-corrected chi connectivity index (χ3v) is 5.58. The van der Waals surface area contributed by atoms with E-state index in [2.05, 4.69) is 6.92 Å². The molecule has 2 N–H and O–H groups in total. The fraction of sp³-hybridized carbons (Fsp3) is 0.304. The van der Waals surface area contributed by atoms with Gasteiger partial charge in [-0.1, -0.05) is 48.5 Å². The molecule has 29 heavy (non-hydrogen) atoms. The predicted molar refractivity (Wildman–Crippen MR) is 119 cm³/mol. The van der Waals surface area contributed by atoms with Crippen molar-refractivity contribution in [2.45, 2.75) is 25.8 Å². The van der Waals surface area contributed by atoms with Gasteiger partial charge in [-0.2, -0.15) is 5.10 Å². The lowest BCUT2D eigenvalue weighted by molar-refractivity contribution is 0.0681. The summed E-state index contributed by atoms with van der Waals surface area (Å²) in [5.74, 6) is 0.536. The average Bonchev–Trinajstić information content (AvgIpc) is 3.20. The van der Waals surface area contributed by atoms with Crippen molar-refractivity contribution < 1.29 is 4.79 Å². The minimum Gasteiger partial charge on any atom is -0.339 e. The van der Waals surface area contributed by atoms with Crippen LogP contribution in [0.3, 0.4) is 0 Å². The van der Waals surface area contributed by atoms with E-state index in [0.29, 0.717) is 11.5 Å². The summed E-state index contributed by atoms with van der Waals surface area (Å²) in [5, 5.41) is 4.76. The number of hydrogen-bond acceptors (Lipinski definition) is 3. The van der Waals surface area contributed by atoms with Crippen LogP contribution < -0.4 is 5.73 Å². The summed E-state index contributed by atoms with van der Waals surface area (Å²) in [5.41, 5.74) is 9.31. The lowest BCUT2D eigenvalue weighted by atomic mass is 9.90. The van der Waals surface area contributed by atoms with Crippen LogP contribution in [-0.2, 0) is 0 Å². The van der Waals surface area contributed by atoms with E-state index in [9.17, 15) is 4.79 Å². The molecule has 2 heterocycles. The van der Waals surface area contributed by atoms with Crippen LogP contribution in [0, 0.1) is 5.92 Å². The van der Waals surface area contributed by atoms with Crippen molar-refractivity contribution in [2.75, 3.05) is 13.1 Å². The van der Waals surface area contributed by atoms with Crippen LogP contribution in [0.15, 0.2) is 66.9 Å². The third kappa shape index (κ3) is 4.52. The first-order valence-corrected chi connectivity index (χ1v) is 9.89. The number of aromatic nitrogens is 2. The van der Waals surface area contributed by atoms with Gasteiger partial charge in [0.1, 0.15) is 5.69 Å². The second-order valence-corrected chi connectivity index (χ2v) is 7.53. The normalized spacial score (nSPS) is 15.6. The number of carbonyl (C=O) groups excluding carboxylic acids is 1. The van der Waals surface area contributed by atoms with Gasteiger partial charge in [0.25, 0.3) is 5.91 Å². The number of hydrogen-bond donors (Lipinski definition) is 1. The Morgan fingerprint density at radius 2 is 1.62 bits per heavy atom. The van der Waals surface area contributed by atoms with Crippen LogP contribution >= 0.6 is 12.4 Å². The number of likely N-dealkylation sites (tertiary alicyclic amines) is 1. The molecule has 1 amide bonds. The van der Waals surface area contributed by atoms with Crippen LogP contribution in [0.2, 0.25) is 0 Å². The van der Waals surface area contributed by atoms with E-state index in [1.54, 1.807) is 4.68 Å². The molecule has 0 spiro atoms. The fourth-order valence-corrected chi connectivity index (χ4v) is 3.85. The molecule has 0 radical (unpaired) electrons. The van der Waals surface area contributed by atoms with Crippen molar-refractivity contribution >= 4 is 18.3 Å². The van der Waals surface area contributed by atoms with Crippen LogP contribution in [0.5, 0.6) is 0 Å². The molecule has 1 atom stereocenters. The van der Waals surface area contributed by atoms with E-state index in [1.165, 1.54) is 0 Å². The summed E-state index contributed by atoms with van der Waals surface area (Å²) in [6, 6.07) is 20.0. The first-order valence-electron chi connectivity index (χ1n) is 9.89. The van der Waals surface area contributed by atoms with E-state index in [-0.39, 0.29) is 24.4 Å². The first kappa shape index (κ1) is 21.1. The van der Waals surface area contributed by atoms with Gasteiger partial charge >= 0.3 is 0 Å². The predicted octanol–water partition coefficient (Wildman–Crippen LogP) is 4.16. The first-order chi connectivity index (χ1) is 13.6. The van der Waals surface area contributed by atoms with E-state index >= 15 is 0 Å². The van der Waals surface area contributed by atoms with Gasteiger partial charge in [-0.25, -0.2) is 4.68 Å². The van der Waals surface area contributed by atoms with Crippen molar-refractivity contribution in [3.63, 3.8) is 0 Å². The second-order valence-electron chi connectivity index (χ2n) is 7.53. The van der Waals surface area contributed by atoms with Crippen LogP contribution in [0.1, 0.15) is 30.1 Å². The van der Waals surface area contributed by atoms with Crippen molar-refractivity contribution in [3.8, 4) is 16.9 Å². The Labute approximate surface area is 177 Å². The fourth-order valence-electron chi connectivity index (χ4n) is 3.85. The van der Waals surface area contributed by atoms with Gasteiger partial charge < -0.3 is 10.6 Å². The Morgan fingerprint density at radius 3 is 2.21 bits per heavy atom. The summed E-state index contributed by atoms with van der Waals surface area (Å²) in [6.07, 6.45) is 3.77. The summed E-state index contributed by atoms with van der Waals surface area (Å²) in [7, 11) is 0. The molecular weight excluding hydrogens is 384 g/mol. The molecule has 1 fully saturated rings. The minimum atomic E-state index is 0. The molecule has 5 nitrogen and oxygen atoms in total. The monoisotopic (exact) mass is 410 g/mol. The number of halogens is 1. The molecule has 0 saturated carbocycles. The number of amides is 1. The van der Waals surface area contributed by atoms with Crippen molar-refractivity contribution in [1.82, 2.24) is 14.7 Å². The number of rotatable bonds is 4. The Hall–Kier alpha value is -2.63. The molecule has 1 unspecified atom stereocenters. The molecule has 152 valence electrons. The molecule has 2 aromatic carbocycles.